The Morgan fingerprint density at radius 3 is 3.05 bits per heavy atom. The normalized spacial score (nSPS) is 23.0. The number of aromatic nitrogens is 1. The number of carbonyl (C=O) groups is 1. The molecule has 1 fully saturated rings. The number of esters is 1. The lowest BCUT2D eigenvalue weighted by molar-refractivity contribution is 0.0384. The van der Waals surface area contributed by atoms with Gasteiger partial charge in [0.25, 0.3) is 5.56 Å². The van der Waals surface area contributed by atoms with E-state index in [2.05, 4.69) is 0 Å². The quantitative estimate of drug-likeness (QED) is 0.816. The zero-order chi connectivity index (χ0) is 13.7. The van der Waals surface area contributed by atoms with Crippen molar-refractivity contribution in [3.63, 3.8) is 0 Å². The standard InChI is InChI=1S/C14H13NO4S/c16-13-11-8-1-2-9(5-8)12(11)20-15(13)7-19-14(17)10-3-4-18-6-10/h3-4,6,8-9H,1-2,5,7H2. The number of carbonyl (C=O) groups excluding carboxylic acids is 1. The highest BCUT2D eigenvalue weighted by molar-refractivity contribution is 7.06. The first kappa shape index (κ1) is 12.0. The molecule has 2 aliphatic rings. The van der Waals surface area contributed by atoms with E-state index in [4.69, 9.17) is 9.15 Å². The maximum Gasteiger partial charge on any atom is 0.343 e. The Morgan fingerprint density at radius 1 is 1.45 bits per heavy atom. The monoisotopic (exact) mass is 291 g/mol. The molecule has 5 nitrogen and oxygen atoms in total. The lowest BCUT2D eigenvalue weighted by Crippen LogP contribution is -2.20. The van der Waals surface area contributed by atoms with E-state index >= 15 is 0 Å². The lowest BCUT2D eigenvalue weighted by Gasteiger charge is -2.05. The van der Waals surface area contributed by atoms with E-state index in [0.29, 0.717) is 17.4 Å². The van der Waals surface area contributed by atoms with Gasteiger partial charge in [0.15, 0.2) is 6.73 Å². The van der Waals surface area contributed by atoms with Gasteiger partial charge < -0.3 is 9.15 Å². The SMILES string of the molecule is O=C(OCn1sc2c(c1=O)C1CCC2C1)c1ccoc1. The number of hydrogen-bond donors (Lipinski definition) is 0. The molecule has 1 saturated carbocycles. The molecular weight excluding hydrogens is 278 g/mol. The van der Waals surface area contributed by atoms with Crippen LogP contribution < -0.4 is 5.56 Å². The van der Waals surface area contributed by atoms with Gasteiger partial charge in [-0.15, -0.1) is 0 Å². The zero-order valence-corrected chi connectivity index (χ0v) is 11.5. The van der Waals surface area contributed by atoms with Crippen molar-refractivity contribution in [2.24, 2.45) is 0 Å². The molecule has 2 unspecified atom stereocenters. The number of nitrogens with zero attached hydrogens (tertiary/aromatic N) is 1. The van der Waals surface area contributed by atoms with Crippen molar-refractivity contribution in [1.82, 2.24) is 3.96 Å². The van der Waals surface area contributed by atoms with E-state index < -0.39 is 5.97 Å². The second kappa shape index (κ2) is 4.34. The van der Waals surface area contributed by atoms with Crippen LogP contribution in [0.5, 0.6) is 0 Å². The molecule has 20 heavy (non-hydrogen) atoms. The highest BCUT2D eigenvalue weighted by Crippen LogP contribution is 2.53. The highest BCUT2D eigenvalue weighted by Gasteiger charge is 2.41. The molecule has 0 spiro atoms. The average molecular weight is 291 g/mol. The molecule has 6 heteroatoms. The van der Waals surface area contributed by atoms with E-state index in [1.807, 2.05) is 0 Å². The molecule has 104 valence electrons. The summed E-state index contributed by atoms with van der Waals surface area (Å²) in [7, 11) is 0. The number of ether oxygens (including phenoxy) is 1. The Morgan fingerprint density at radius 2 is 2.30 bits per heavy atom. The Labute approximate surface area is 118 Å². The second-order valence-corrected chi connectivity index (χ2v) is 6.40. The molecule has 2 aromatic heterocycles. The van der Waals surface area contributed by atoms with Crippen LogP contribution in [-0.4, -0.2) is 9.93 Å². The fraction of sp³-hybridized carbons (Fsp3) is 0.429. The summed E-state index contributed by atoms with van der Waals surface area (Å²) >= 11 is 1.45. The Bertz CT molecular complexity index is 712. The van der Waals surface area contributed by atoms with E-state index in [-0.39, 0.29) is 12.3 Å². The van der Waals surface area contributed by atoms with Gasteiger partial charge in [-0.1, -0.05) is 11.5 Å². The number of rotatable bonds is 3. The minimum Gasteiger partial charge on any atom is -0.472 e. The van der Waals surface area contributed by atoms with Crippen LogP contribution in [0.25, 0.3) is 0 Å². The van der Waals surface area contributed by atoms with Crippen molar-refractivity contribution in [3.05, 3.63) is 45.0 Å². The Balaban J connectivity index is 1.54. The first-order valence-electron chi connectivity index (χ1n) is 6.67. The highest BCUT2D eigenvalue weighted by atomic mass is 32.1. The van der Waals surface area contributed by atoms with Gasteiger partial charge in [-0.2, -0.15) is 0 Å². The third kappa shape index (κ3) is 1.67. The van der Waals surface area contributed by atoms with E-state index in [1.54, 1.807) is 10.0 Å². The fourth-order valence-corrected chi connectivity index (χ4v) is 4.51. The van der Waals surface area contributed by atoms with Crippen molar-refractivity contribution in [2.75, 3.05) is 0 Å². The lowest BCUT2D eigenvalue weighted by atomic mass is 10.00. The molecule has 0 aromatic carbocycles. The number of fused-ring (bicyclic) bond motifs is 5. The van der Waals surface area contributed by atoms with Crippen molar-refractivity contribution in [2.45, 2.75) is 37.8 Å². The van der Waals surface area contributed by atoms with Crippen molar-refractivity contribution >= 4 is 17.5 Å². The predicted octanol–water partition coefficient (Wildman–Crippen LogP) is 2.68. The van der Waals surface area contributed by atoms with Gasteiger partial charge in [0.2, 0.25) is 0 Å². The van der Waals surface area contributed by atoms with Crippen LogP contribution in [0, 0.1) is 0 Å². The second-order valence-electron chi connectivity index (χ2n) is 5.33. The molecule has 0 N–H and O–H groups in total. The first-order chi connectivity index (χ1) is 9.74. The van der Waals surface area contributed by atoms with Gasteiger partial charge in [0.1, 0.15) is 6.26 Å². The number of furan rings is 1. The molecule has 4 rings (SSSR count). The summed E-state index contributed by atoms with van der Waals surface area (Å²) in [6.07, 6.45) is 6.19. The summed E-state index contributed by atoms with van der Waals surface area (Å²) in [6, 6.07) is 1.54. The fourth-order valence-electron chi connectivity index (χ4n) is 3.27. The van der Waals surface area contributed by atoms with E-state index in [9.17, 15) is 9.59 Å². The molecule has 0 amide bonds. The Hall–Kier alpha value is -1.82. The summed E-state index contributed by atoms with van der Waals surface area (Å²) in [6.45, 7) is -0.0139. The van der Waals surface area contributed by atoms with Crippen LogP contribution in [0.1, 0.15) is 51.9 Å². The van der Waals surface area contributed by atoms with Crippen LogP contribution in [0.4, 0.5) is 0 Å². The molecule has 0 aliphatic heterocycles. The van der Waals surface area contributed by atoms with E-state index in [1.165, 1.54) is 35.4 Å². The van der Waals surface area contributed by atoms with Crippen LogP contribution >= 0.6 is 11.5 Å². The van der Waals surface area contributed by atoms with Gasteiger partial charge in [-0.05, 0) is 37.2 Å². The molecule has 2 aromatic rings. The van der Waals surface area contributed by atoms with Gasteiger partial charge in [-0.3, -0.25) is 4.79 Å². The molecular formula is C14H13NO4S. The summed E-state index contributed by atoms with van der Waals surface area (Å²) in [5, 5.41) is 0. The predicted molar refractivity (Wildman–Crippen MR) is 72.0 cm³/mol. The smallest absolute Gasteiger partial charge is 0.343 e. The molecule has 2 heterocycles. The van der Waals surface area contributed by atoms with Crippen LogP contribution in [0.2, 0.25) is 0 Å². The minimum atomic E-state index is -0.470. The van der Waals surface area contributed by atoms with Crippen molar-refractivity contribution in [3.8, 4) is 0 Å². The maximum absolute atomic E-state index is 12.3. The minimum absolute atomic E-state index is 0.0139. The number of hydrogen-bond acceptors (Lipinski definition) is 5. The molecule has 0 saturated heterocycles. The summed E-state index contributed by atoms with van der Waals surface area (Å²) in [4.78, 5) is 25.2. The summed E-state index contributed by atoms with van der Waals surface area (Å²) in [5.74, 6) is 0.519. The largest absolute Gasteiger partial charge is 0.472 e. The maximum atomic E-state index is 12.3. The topological polar surface area (TPSA) is 61.4 Å². The van der Waals surface area contributed by atoms with Gasteiger partial charge >= 0.3 is 5.97 Å². The molecule has 2 bridgehead atoms. The Kier molecular flexibility index (Phi) is 2.60. The van der Waals surface area contributed by atoms with Gasteiger partial charge in [0, 0.05) is 10.4 Å². The van der Waals surface area contributed by atoms with Crippen molar-refractivity contribution in [1.29, 1.82) is 0 Å². The van der Waals surface area contributed by atoms with Crippen molar-refractivity contribution < 1.29 is 13.9 Å². The molecule has 2 atom stereocenters. The molecule has 0 radical (unpaired) electrons. The molecule has 2 aliphatic carbocycles. The third-order valence-corrected chi connectivity index (χ3v) is 5.45. The van der Waals surface area contributed by atoms with Crippen LogP contribution in [0.3, 0.4) is 0 Å². The van der Waals surface area contributed by atoms with Gasteiger partial charge in [0.05, 0.1) is 11.8 Å². The van der Waals surface area contributed by atoms with E-state index in [0.717, 1.165) is 18.4 Å². The summed E-state index contributed by atoms with van der Waals surface area (Å²) < 4.78 is 11.5. The van der Waals surface area contributed by atoms with Gasteiger partial charge in [-0.25, -0.2) is 8.75 Å². The zero-order valence-electron chi connectivity index (χ0n) is 10.7. The summed E-state index contributed by atoms with van der Waals surface area (Å²) in [5.41, 5.74) is 1.37. The third-order valence-electron chi connectivity index (χ3n) is 4.21. The van der Waals surface area contributed by atoms with Crippen LogP contribution in [0.15, 0.2) is 27.8 Å². The average Bonchev–Trinajstić information content (AvgIpc) is 3.20. The van der Waals surface area contributed by atoms with Crippen LogP contribution in [-0.2, 0) is 11.5 Å². The first-order valence-corrected chi connectivity index (χ1v) is 7.44.